The highest BCUT2D eigenvalue weighted by atomic mass is 32.2. The number of fused-ring (bicyclic) bond motifs is 9. The molecule has 10 rings (SSSR count). The molecule has 314 valence electrons. The van der Waals surface area contributed by atoms with E-state index in [1.54, 1.807) is 12.1 Å². The summed E-state index contributed by atoms with van der Waals surface area (Å²) in [4.78, 5) is 4.73. The van der Waals surface area contributed by atoms with E-state index in [9.17, 15) is 33.4 Å². The standard InChI is InChI=1S/C46H55N3O9S/c1-26-5-6-30-19-36-12-14-37(30)39(26)22-42(59(54,55)56)40-20-33-17-32(21-41-31(25-52)4-2-3-29-18-35(53)11-13-38(29)44(33)57-41)43(40)28-7-9-34(10-8-28)46(58-36,49-45(47)48)23-27(24-51)15-16-50/h7-14,18-20,26-27,31-32,39-44,50-53H,4-6,15-17,21-25H2,1H3,(H4,47,48,49)(H,54,55,56)/t26-,27+,31+,32+,39-,40-,41-,42+,43-,44+,46-/m0/s1. The van der Waals surface area contributed by atoms with Crippen molar-refractivity contribution in [3.05, 3.63) is 106 Å². The Morgan fingerprint density at radius 2 is 1.81 bits per heavy atom. The number of nitrogens with zero attached hydrogens (tertiary/aromatic N) is 1. The minimum absolute atomic E-state index is 0.0667. The number of rotatable bonds is 8. The van der Waals surface area contributed by atoms with Crippen molar-refractivity contribution in [3.63, 3.8) is 0 Å². The molecule has 1 fully saturated rings. The monoisotopic (exact) mass is 825 g/mol. The highest BCUT2D eigenvalue weighted by Gasteiger charge is 2.49. The molecule has 11 atom stereocenters. The number of aliphatic hydroxyl groups is 3. The van der Waals surface area contributed by atoms with Crippen molar-refractivity contribution in [2.45, 2.75) is 93.3 Å². The largest absolute Gasteiger partial charge is 0.508 e. The van der Waals surface area contributed by atoms with Crippen molar-refractivity contribution in [1.29, 1.82) is 0 Å². The molecule has 9 N–H and O–H groups in total. The third kappa shape index (κ3) is 8.11. The molecule has 0 amide bonds. The minimum Gasteiger partial charge on any atom is -0.508 e. The van der Waals surface area contributed by atoms with Crippen LogP contribution in [0.5, 0.6) is 11.5 Å². The van der Waals surface area contributed by atoms with Gasteiger partial charge < -0.3 is 41.4 Å². The molecule has 59 heavy (non-hydrogen) atoms. The second kappa shape index (κ2) is 16.6. The molecule has 10 bridgehead atoms. The zero-order valence-electron chi connectivity index (χ0n) is 33.3. The van der Waals surface area contributed by atoms with E-state index in [2.05, 4.69) is 18.8 Å². The number of benzene rings is 3. The Hall–Kier alpha value is -4.42. The van der Waals surface area contributed by atoms with Crippen LogP contribution >= 0.6 is 0 Å². The van der Waals surface area contributed by atoms with Gasteiger partial charge in [0, 0.05) is 61.2 Å². The summed E-state index contributed by atoms with van der Waals surface area (Å²) in [5, 5.41) is 40.4. The first-order valence-corrected chi connectivity index (χ1v) is 22.3. The Kier molecular flexibility index (Phi) is 11.6. The maximum atomic E-state index is 14.0. The van der Waals surface area contributed by atoms with Crippen LogP contribution in [0, 0.1) is 41.4 Å². The lowest BCUT2D eigenvalue weighted by molar-refractivity contribution is -0.0416. The first-order valence-electron chi connectivity index (χ1n) is 20.8. The number of allylic oxidation sites excluding steroid dienone is 1. The van der Waals surface area contributed by atoms with E-state index in [1.165, 1.54) is 0 Å². The summed E-state index contributed by atoms with van der Waals surface area (Å²) in [5.74, 6) is 4.69. The molecule has 1 saturated heterocycles. The van der Waals surface area contributed by atoms with E-state index in [0.29, 0.717) is 36.1 Å². The van der Waals surface area contributed by atoms with Gasteiger partial charge in [0.2, 0.25) is 5.72 Å². The van der Waals surface area contributed by atoms with Crippen LogP contribution in [0.1, 0.15) is 103 Å². The van der Waals surface area contributed by atoms with Crippen molar-refractivity contribution < 1.29 is 42.9 Å². The molecule has 7 aliphatic rings. The second-order valence-electron chi connectivity index (χ2n) is 17.4. The number of phenolic OH excluding ortho intramolecular Hbond substituents is 1. The highest BCUT2D eigenvalue weighted by Crippen LogP contribution is 2.55. The lowest BCUT2D eigenvalue weighted by Crippen LogP contribution is -2.40. The normalized spacial score (nSPS) is 31.4. The quantitative estimate of drug-likeness (QED) is 0.0519. The van der Waals surface area contributed by atoms with Gasteiger partial charge >= 0.3 is 0 Å². The molecule has 12 nitrogen and oxygen atoms in total. The maximum Gasteiger partial charge on any atom is 0.268 e. The second-order valence-corrected chi connectivity index (χ2v) is 19.0. The third-order valence-corrected chi connectivity index (χ3v) is 15.0. The fraction of sp³-hybridized carbons (Fsp3) is 0.500. The summed E-state index contributed by atoms with van der Waals surface area (Å²) in [5.41, 5.74) is 16.5. The minimum atomic E-state index is -4.65. The van der Waals surface area contributed by atoms with E-state index >= 15 is 0 Å². The number of ether oxygens (including phenoxy) is 2. The van der Waals surface area contributed by atoms with Crippen molar-refractivity contribution in [3.8, 4) is 23.3 Å². The average Bonchev–Trinajstić information content (AvgIpc) is 3.29. The first-order chi connectivity index (χ1) is 28.3. The highest BCUT2D eigenvalue weighted by molar-refractivity contribution is 7.86. The van der Waals surface area contributed by atoms with Crippen LogP contribution in [-0.2, 0) is 27.0 Å². The molecule has 3 aromatic carbocycles. The Morgan fingerprint density at radius 1 is 1.03 bits per heavy atom. The van der Waals surface area contributed by atoms with Crippen molar-refractivity contribution >= 4 is 16.1 Å². The lowest BCUT2D eigenvalue weighted by atomic mass is 9.64. The van der Waals surface area contributed by atoms with Gasteiger partial charge in [0.1, 0.15) is 17.6 Å². The van der Waals surface area contributed by atoms with Crippen LogP contribution in [0.2, 0.25) is 0 Å². The number of aryl methyl sites for hydroxylation is 1. The third-order valence-electron chi connectivity index (χ3n) is 13.7. The first kappa shape index (κ1) is 41.3. The summed E-state index contributed by atoms with van der Waals surface area (Å²) < 4.78 is 53.4. The van der Waals surface area contributed by atoms with Gasteiger partial charge in [-0.3, -0.25) is 4.55 Å². The van der Waals surface area contributed by atoms with Crippen molar-refractivity contribution in [2.24, 2.45) is 46.0 Å². The van der Waals surface area contributed by atoms with Crippen LogP contribution in [0.25, 0.3) is 0 Å². The Morgan fingerprint density at radius 3 is 2.53 bits per heavy atom. The zero-order valence-corrected chi connectivity index (χ0v) is 34.1. The van der Waals surface area contributed by atoms with Gasteiger partial charge in [-0.2, -0.15) is 8.42 Å². The number of phenols is 1. The number of hydrogen-bond acceptors (Lipinski definition) is 9. The summed E-state index contributed by atoms with van der Waals surface area (Å²) in [6, 6.07) is 18.5. The molecule has 0 unspecified atom stereocenters. The van der Waals surface area contributed by atoms with Gasteiger partial charge in [-0.25, -0.2) is 4.99 Å². The van der Waals surface area contributed by atoms with Crippen molar-refractivity contribution in [1.82, 2.24) is 0 Å². The number of aliphatic hydroxyl groups excluding tert-OH is 3. The molecule has 0 radical (unpaired) electrons. The summed E-state index contributed by atoms with van der Waals surface area (Å²) in [6.07, 6.45) is 4.56. The molecule has 5 heterocycles. The summed E-state index contributed by atoms with van der Waals surface area (Å²) in [6.45, 7) is 1.59. The lowest BCUT2D eigenvalue weighted by Gasteiger charge is -2.42. The molecule has 0 saturated carbocycles. The van der Waals surface area contributed by atoms with Crippen LogP contribution in [0.4, 0.5) is 0 Å². The Balaban J connectivity index is 1.37. The van der Waals surface area contributed by atoms with Gasteiger partial charge in [-0.15, -0.1) is 0 Å². The van der Waals surface area contributed by atoms with Crippen LogP contribution in [0.3, 0.4) is 0 Å². The number of nitrogens with two attached hydrogens (primary N) is 2. The predicted octanol–water partition coefficient (Wildman–Crippen LogP) is 5.14. The fourth-order valence-corrected chi connectivity index (χ4v) is 11.9. The predicted molar refractivity (Wildman–Crippen MR) is 223 cm³/mol. The fourth-order valence-electron chi connectivity index (χ4n) is 10.8. The molecular weight excluding hydrogens is 771 g/mol. The Labute approximate surface area is 346 Å². The number of aliphatic imine (C=N–C) groups is 1. The molecule has 0 spiro atoms. The van der Waals surface area contributed by atoms with Gasteiger partial charge in [-0.1, -0.05) is 61.2 Å². The van der Waals surface area contributed by atoms with Gasteiger partial charge in [0.05, 0.1) is 11.4 Å². The van der Waals surface area contributed by atoms with E-state index in [4.69, 9.17) is 25.9 Å². The summed E-state index contributed by atoms with van der Waals surface area (Å²) >= 11 is 0. The van der Waals surface area contributed by atoms with E-state index < -0.39 is 51.1 Å². The SMILES string of the molecule is C[C@H]1CCc2cc3ccc2[C@H]1C[C@@H](S(=O)(=O)O)[C@@H]1C=C2C[C@H](C[C@@H]4O[C@H]2c2ccc(O)cc2C#CC[C@@H]4CO)[C@@H]1c1ccc(cc1)[C@@](C[C@H](CO)CCO)(N=C(N)N)O3. The number of aromatic hydroxyl groups is 1. The van der Waals surface area contributed by atoms with Gasteiger partial charge in [0.15, 0.2) is 5.96 Å². The molecule has 0 aromatic heterocycles. The van der Waals surface area contributed by atoms with Gasteiger partial charge in [-0.05, 0) is 115 Å². The Bertz CT molecular complexity index is 2280. The molecule has 2 aliphatic carbocycles. The van der Waals surface area contributed by atoms with Crippen LogP contribution in [-0.4, -0.2) is 70.5 Å². The topological polar surface area (TPSA) is 218 Å². The number of guanidine groups is 1. The molecular formula is C46H55N3O9S. The number of hydrogen-bond donors (Lipinski definition) is 7. The maximum absolute atomic E-state index is 14.0. The summed E-state index contributed by atoms with van der Waals surface area (Å²) in [7, 11) is -4.65. The van der Waals surface area contributed by atoms with E-state index in [1.807, 2.05) is 54.6 Å². The average molecular weight is 826 g/mol. The van der Waals surface area contributed by atoms with Crippen LogP contribution < -0.4 is 16.2 Å². The van der Waals surface area contributed by atoms with Crippen LogP contribution in [0.15, 0.2) is 77.3 Å². The van der Waals surface area contributed by atoms with E-state index in [-0.39, 0.29) is 74.5 Å². The van der Waals surface area contributed by atoms with E-state index in [0.717, 1.165) is 40.7 Å². The van der Waals surface area contributed by atoms with Crippen molar-refractivity contribution in [2.75, 3.05) is 19.8 Å². The smallest absolute Gasteiger partial charge is 0.268 e. The molecule has 3 aromatic rings. The zero-order chi connectivity index (χ0) is 41.6. The molecule has 13 heteroatoms. The van der Waals surface area contributed by atoms with Gasteiger partial charge in [0.25, 0.3) is 10.1 Å². The molecule has 5 aliphatic heterocycles.